The third-order valence-electron chi connectivity index (χ3n) is 17.2. The van der Waals surface area contributed by atoms with Gasteiger partial charge in [0.25, 0.3) is 0 Å². The Hall–Kier alpha value is -12.3. The number of hydrogen-bond acceptors (Lipinski definition) is 6. The average molecular weight is 1310 g/mol. The molecule has 0 unspecified atom stereocenters. The Balaban J connectivity index is 0.000000167. The summed E-state index contributed by atoms with van der Waals surface area (Å²) in [6.07, 6.45) is 3.44. The topological polar surface area (TPSA) is 51.6 Å². The van der Waals surface area contributed by atoms with Gasteiger partial charge in [0.15, 0.2) is 0 Å². The first-order valence-electron chi connectivity index (χ1n) is 45.7. The molecule has 0 aliphatic heterocycles. The molecule has 14 aromatic carbocycles. The van der Waals surface area contributed by atoms with Gasteiger partial charge in [-0.2, -0.15) is 0 Å². The minimum absolute atomic E-state index is 0.00308. The van der Waals surface area contributed by atoms with Crippen LogP contribution in [0.25, 0.3) is 195 Å². The number of hydrogen-bond donors (Lipinski definition) is 0. The van der Waals surface area contributed by atoms with Crippen LogP contribution in [0.5, 0.6) is 0 Å². The fraction of sp³-hybridized carbons (Fsp3) is 0. The number of fused-ring (bicyclic) bond motifs is 14. The highest BCUT2D eigenvalue weighted by atomic mass is 32.1. The maximum Gasteiger partial charge on any atom is 0.0972 e. The third-order valence-corrected chi connectivity index (χ3v) is 19.2. The van der Waals surface area contributed by atoms with Gasteiger partial charge in [-0.15, -0.1) is 22.7 Å². The van der Waals surface area contributed by atoms with Gasteiger partial charge in [-0.25, -0.2) is 9.97 Å². The predicted molar refractivity (Wildman–Crippen MR) is 418 cm³/mol. The van der Waals surface area contributed by atoms with Gasteiger partial charge >= 0.3 is 0 Å². The Morgan fingerprint density at radius 1 is 0.224 bits per heavy atom. The van der Waals surface area contributed by atoms with E-state index in [1.807, 2.05) is 127 Å². The Labute approximate surface area is 615 Å². The Kier molecular flexibility index (Phi) is 8.37. The number of rotatable bonds is 8. The molecule has 0 N–H and O–H groups in total. The number of pyridine rings is 4. The monoisotopic (exact) mass is 1310 g/mol. The largest absolute Gasteiger partial charge is 0.254 e. The lowest BCUT2D eigenvalue weighted by Crippen LogP contribution is -1.91. The fourth-order valence-corrected chi connectivity index (χ4v) is 14.4. The molecule has 20 rings (SSSR count). The van der Waals surface area contributed by atoms with Crippen LogP contribution in [0, 0.1) is 0 Å². The first-order chi connectivity index (χ1) is 61.1. The zero-order chi connectivity index (χ0) is 90.7. The van der Waals surface area contributed by atoms with Crippen LogP contribution in [0.4, 0.5) is 0 Å². The number of thiophene rings is 2. The third kappa shape index (κ3) is 9.96. The van der Waals surface area contributed by atoms with E-state index in [1.165, 1.54) is 0 Å². The maximum atomic E-state index is 9.63. The molecule has 0 radical (unpaired) electrons. The zero-order valence-electron chi connectivity index (χ0n) is 80.6. The van der Waals surface area contributed by atoms with Gasteiger partial charge in [0.1, 0.15) is 0 Å². The highest BCUT2D eigenvalue weighted by Gasteiger charge is 2.18. The van der Waals surface area contributed by atoms with Crippen LogP contribution >= 0.6 is 22.7 Å². The quantitative estimate of drug-likeness (QED) is 0.142. The Bertz CT molecular complexity index is 8460. The van der Waals surface area contributed by atoms with Crippen LogP contribution in [-0.4, -0.2) is 19.9 Å². The van der Waals surface area contributed by atoms with Crippen LogP contribution in [-0.2, 0) is 0 Å². The molecule has 0 spiro atoms. The smallest absolute Gasteiger partial charge is 0.0972 e. The molecule has 98 heavy (non-hydrogen) atoms. The molecule has 0 aliphatic rings. The number of nitrogens with zero attached hydrogens (tertiary/aromatic N) is 4. The Morgan fingerprint density at radius 2 is 0.612 bits per heavy atom. The van der Waals surface area contributed by atoms with Gasteiger partial charge in [0.2, 0.25) is 0 Å². The van der Waals surface area contributed by atoms with Gasteiger partial charge in [-0.3, -0.25) is 9.97 Å². The average Bonchev–Trinajstić information content (AvgIpc) is 1.06. The lowest BCUT2D eigenvalue weighted by atomic mass is 9.92. The van der Waals surface area contributed by atoms with Crippen molar-refractivity contribution in [3.8, 4) is 86.5 Å². The lowest BCUT2D eigenvalue weighted by molar-refractivity contribution is 1.37. The summed E-state index contributed by atoms with van der Waals surface area (Å²) in [6, 6.07) is 27.7. The van der Waals surface area contributed by atoms with E-state index in [0.29, 0.717) is 56.0 Å². The summed E-state index contributed by atoms with van der Waals surface area (Å²) in [5, 5.41) is 3.92. The van der Waals surface area contributed by atoms with Crippen LogP contribution in [0.3, 0.4) is 0 Å². The Morgan fingerprint density at radius 3 is 1.12 bits per heavy atom. The standard InChI is InChI=1S/2C46H28N2S/c1-2-13-34-32(9-1)28-41(39-17-6-4-14-36(34)39)44-25-24-43(49-44)33-11-7-10-31(27-33)35-21-22-40(38-16-5-3-15-37(35)38)42-23-20-30-19-18-29-12-8-26-47-45(29)46(30)48-42;1-2-10-34-33(8-1)28-41(39-14-6-4-11-36(34)39)44-26-25-43(49-44)30-17-15-29(16-18-30)35-22-23-40(38-13-5-3-12-37(35)38)42-24-21-32-20-19-31-9-7-27-47-45(31)46(32)48-42/h2*1-28H/i1D,2D,4D,6D,7D,9D,10D,11D,13D,14D,17D,24D,25D,27D,28D;1D,2D,4D,6D,8D,10D,11D,14D,15D,16D,17D,18D,25D,26D,28D. The van der Waals surface area contributed by atoms with Gasteiger partial charge in [0, 0.05) is 75.7 Å². The highest BCUT2D eigenvalue weighted by molar-refractivity contribution is 7.19. The molecule has 0 amide bonds. The van der Waals surface area contributed by atoms with Gasteiger partial charge < -0.3 is 0 Å². The van der Waals surface area contributed by atoms with E-state index >= 15 is 0 Å². The van der Waals surface area contributed by atoms with Crippen LogP contribution in [0.1, 0.15) is 41.1 Å². The molecule has 0 fully saturated rings. The second-order valence-corrected chi connectivity index (χ2v) is 24.8. The van der Waals surface area contributed by atoms with E-state index in [4.69, 9.17) is 38.8 Å². The fourth-order valence-electron chi connectivity index (χ4n) is 12.6. The minimum Gasteiger partial charge on any atom is -0.254 e. The second-order valence-electron chi connectivity index (χ2n) is 22.8. The van der Waals surface area contributed by atoms with E-state index in [-0.39, 0.29) is 102 Å². The van der Waals surface area contributed by atoms with Crippen molar-refractivity contribution in [3.05, 3.63) is 339 Å². The molecule has 20 aromatic rings. The van der Waals surface area contributed by atoms with Crippen molar-refractivity contribution in [2.75, 3.05) is 0 Å². The van der Waals surface area contributed by atoms with Crippen LogP contribution in [0.15, 0.2) is 339 Å². The summed E-state index contributed by atoms with van der Waals surface area (Å²) >= 11 is 1.35. The maximum absolute atomic E-state index is 9.63. The summed E-state index contributed by atoms with van der Waals surface area (Å²) < 4.78 is 267. The molecule has 0 aliphatic carbocycles. The summed E-state index contributed by atoms with van der Waals surface area (Å²) in [4.78, 5) is 18.6. The van der Waals surface area contributed by atoms with Crippen LogP contribution in [0.2, 0.25) is 0 Å². The number of benzene rings is 14. The minimum atomic E-state index is -0.692. The lowest BCUT2D eigenvalue weighted by Gasteiger charge is -2.13. The van der Waals surface area contributed by atoms with Crippen molar-refractivity contribution >= 4 is 131 Å². The summed E-state index contributed by atoms with van der Waals surface area (Å²) in [6.45, 7) is 0. The second kappa shape index (κ2) is 23.8. The highest BCUT2D eigenvalue weighted by Crippen LogP contribution is 2.45. The molecule has 456 valence electrons. The molecular formula is C92H56N4S2. The molecule has 6 heteroatoms. The van der Waals surface area contributed by atoms with E-state index in [9.17, 15) is 12.3 Å². The molecule has 6 heterocycles. The van der Waals surface area contributed by atoms with Crippen molar-refractivity contribution < 1.29 is 41.1 Å². The van der Waals surface area contributed by atoms with Crippen molar-refractivity contribution in [1.29, 1.82) is 0 Å². The molecule has 6 aromatic heterocycles. The normalized spacial score (nSPS) is 16.0. The van der Waals surface area contributed by atoms with Gasteiger partial charge in [-0.1, -0.05) is 260 Å². The molecule has 0 saturated carbocycles. The first kappa shape index (κ1) is 34.4. The summed E-state index contributed by atoms with van der Waals surface area (Å²) in [5.74, 6) is 0. The number of aromatic nitrogens is 4. The SMILES string of the molecule is [2H]c1c(-c2c([2H])c([2H])c(-c3ccc(-c4ccc5ccc6cccnc6c5n4)c4ccccc34)c([2H])c2[2H])sc(-c2c([2H])c3c([2H])c([2H])c([2H])c([2H])c3c3c([2H])c([2H])c([2H])c([2H])c23)c1[2H].[2H]c1c(-c2c([2H])c([2H])c([2H])c(-c3ccc(-c4ccc5ccc6cccnc6c5n4)c4ccccc34)c2[2H])sc(-c2c([2H])c3c([2H])c([2H])c([2H])c([2H])c3c3c([2H])c([2H])c([2H])c([2H])c23)c1[2H]. The molecule has 0 saturated heterocycles. The summed E-state index contributed by atoms with van der Waals surface area (Å²) in [5.41, 5.74) is 5.46. The van der Waals surface area contributed by atoms with Gasteiger partial charge in [0.05, 0.1) is 74.6 Å². The molecule has 0 atom stereocenters. The predicted octanol–water partition coefficient (Wildman–Crippen LogP) is 25.9. The van der Waals surface area contributed by atoms with E-state index in [0.717, 1.165) is 65.5 Å². The zero-order valence-corrected chi connectivity index (χ0v) is 52.2. The van der Waals surface area contributed by atoms with Crippen molar-refractivity contribution in [1.82, 2.24) is 19.9 Å². The first-order valence-corrected chi connectivity index (χ1v) is 32.3. The van der Waals surface area contributed by atoms with Crippen molar-refractivity contribution in [2.45, 2.75) is 0 Å². The molecular weight excluding hydrogens is 1230 g/mol. The van der Waals surface area contributed by atoms with Crippen molar-refractivity contribution in [2.24, 2.45) is 0 Å². The van der Waals surface area contributed by atoms with Gasteiger partial charge in [-0.05, 0) is 165 Å². The van der Waals surface area contributed by atoms with E-state index in [2.05, 4.69) is 9.97 Å². The van der Waals surface area contributed by atoms with Crippen molar-refractivity contribution in [3.63, 3.8) is 0 Å². The summed E-state index contributed by atoms with van der Waals surface area (Å²) in [7, 11) is 0. The van der Waals surface area contributed by atoms with Crippen LogP contribution < -0.4 is 0 Å². The van der Waals surface area contributed by atoms with E-state index in [1.54, 1.807) is 30.6 Å². The van der Waals surface area contributed by atoms with E-state index < -0.39 is 175 Å². The molecule has 0 bridgehead atoms. The molecule has 4 nitrogen and oxygen atoms in total.